The van der Waals surface area contributed by atoms with Crippen molar-refractivity contribution in [3.05, 3.63) is 35.6 Å². The Morgan fingerprint density at radius 2 is 2.00 bits per heavy atom. The summed E-state index contributed by atoms with van der Waals surface area (Å²) in [5.74, 6) is -1.77. The highest BCUT2D eigenvalue weighted by Crippen LogP contribution is 2.26. The number of aliphatic carboxylic acids is 1. The monoisotopic (exact) mass is 293 g/mol. The third kappa shape index (κ3) is 4.55. The number of nitrogens with one attached hydrogen (secondary N) is 1. The second kappa shape index (κ2) is 7.20. The molecule has 2 N–H and O–H groups in total. The van der Waals surface area contributed by atoms with Crippen molar-refractivity contribution >= 4 is 11.9 Å². The van der Waals surface area contributed by atoms with Crippen molar-refractivity contribution in [3.63, 3.8) is 0 Å². The molecular formula is C16H20FNO3. The average Bonchev–Trinajstić information content (AvgIpc) is 2.45. The number of amides is 1. The van der Waals surface area contributed by atoms with Crippen LogP contribution >= 0.6 is 0 Å². The molecule has 1 aliphatic carbocycles. The van der Waals surface area contributed by atoms with Gasteiger partial charge in [-0.2, -0.15) is 0 Å². The Morgan fingerprint density at radius 3 is 2.62 bits per heavy atom. The molecule has 0 heterocycles. The Morgan fingerprint density at radius 1 is 1.29 bits per heavy atom. The molecular weight excluding hydrogens is 273 g/mol. The van der Waals surface area contributed by atoms with E-state index in [2.05, 4.69) is 5.32 Å². The fraction of sp³-hybridized carbons (Fsp3) is 0.500. The summed E-state index contributed by atoms with van der Waals surface area (Å²) in [6.45, 7) is 0. The lowest BCUT2D eigenvalue weighted by atomic mass is 9.84. The molecule has 0 saturated heterocycles. The van der Waals surface area contributed by atoms with Crippen LogP contribution in [-0.2, 0) is 16.0 Å². The summed E-state index contributed by atoms with van der Waals surface area (Å²) < 4.78 is 13.1. The summed E-state index contributed by atoms with van der Waals surface area (Å²) in [6.07, 6.45) is 4.80. The van der Waals surface area contributed by atoms with Crippen molar-refractivity contribution in [1.82, 2.24) is 5.32 Å². The Kier molecular flexibility index (Phi) is 5.31. The molecule has 1 fully saturated rings. The maximum absolute atomic E-state index is 13.1. The van der Waals surface area contributed by atoms with Gasteiger partial charge in [0, 0.05) is 0 Å². The molecule has 2 rings (SSSR count). The second-order valence-corrected chi connectivity index (χ2v) is 5.59. The molecule has 1 aromatic rings. The molecule has 1 aliphatic rings. The molecule has 1 saturated carbocycles. The smallest absolute Gasteiger partial charge is 0.326 e. The van der Waals surface area contributed by atoms with Gasteiger partial charge < -0.3 is 10.4 Å². The minimum atomic E-state index is -0.991. The van der Waals surface area contributed by atoms with Crippen LogP contribution in [0.4, 0.5) is 4.39 Å². The zero-order valence-corrected chi connectivity index (χ0v) is 11.8. The van der Waals surface area contributed by atoms with Crippen molar-refractivity contribution in [2.45, 2.75) is 44.6 Å². The van der Waals surface area contributed by atoms with Crippen LogP contribution in [0.5, 0.6) is 0 Å². The van der Waals surface area contributed by atoms with E-state index in [9.17, 15) is 19.1 Å². The van der Waals surface area contributed by atoms with Gasteiger partial charge in [-0.15, -0.1) is 0 Å². The van der Waals surface area contributed by atoms with Crippen LogP contribution < -0.4 is 5.32 Å². The molecule has 1 aromatic carbocycles. The first-order valence-electron chi connectivity index (χ1n) is 7.33. The highest BCUT2D eigenvalue weighted by atomic mass is 19.1. The zero-order valence-electron chi connectivity index (χ0n) is 11.8. The van der Waals surface area contributed by atoms with Gasteiger partial charge in [0.25, 0.3) is 0 Å². The summed E-state index contributed by atoms with van der Waals surface area (Å²) in [4.78, 5) is 23.4. The summed E-state index contributed by atoms with van der Waals surface area (Å²) in [7, 11) is 0. The fourth-order valence-corrected chi connectivity index (χ4v) is 2.91. The van der Waals surface area contributed by atoms with Crippen molar-refractivity contribution in [1.29, 1.82) is 0 Å². The summed E-state index contributed by atoms with van der Waals surface area (Å²) >= 11 is 0. The molecule has 0 spiro atoms. The van der Waals surface area contributed by atoms with Crippen LogP contribution in [0.2, 0.25) is 0 Å². The van der Waals surface area contributed by atoms with Gasteiger partial charge in [-0.25, -0.2) is 9.18 Å². The third-order valence-corrected chi connectivity index (χ3v) is 3.96. The number of carboxylic acids is 1. The Balaban J connectivity index is 1.96. The molecule has 0 radical (unpaired) electrons. The van der Waals surface area contributed by atoms with Gasteiger partial charge in [0.2, 0.25) is 5.91 Å². The molecule has 114 valence electrons. The minimum absolute atomic E-state index is 0.00569. The first-order valence-corrected chi connectivity index (χ1v) is 7.33. The van der Waals surface area contributed by atoms with Crippen molar-refractivity contribution in [2.75, 3.05) is 0 Å². The van der Waals surface area contributed by atoms with Gasteiger partial charge >= 0.3 is 5.97 Å². The molecule has 1 atom stereocenters. The van der Waals surface area contributed by atoms with Crippen molar-refractivity contribution in [2.24, 2.45) is 5.92 Å². The highest BCUT2D eigenvalue weighted by molar-refractivity contribution is 5.85. The van der Waals surface area contributed by atoms with Crippen LogP contribution in [-0.4, -0.2) is 23.0 Å². The number of hydrogen-bond acceptors (Lipinski definition) is 2. The van der Waals surface area contributed by atoms with Gasteiger partial charge in [0.05, 0.1) is 6.42 Å². The predicted molar refractivity (Wildman–Crippen MR) is 76.2 cm³/mol. The quantitative estimate of drug-likeness (QED) is 0.876. The van der Waals surface area contributed by atoms with Crippen LogP contribution in [0.3, 0.4) is 0 Å². The molecule has 0 aromatic heterocycles. The number of halogens is 1. The first-order chi connectivity index (χ1) is 10.1. The van der Waals surface area contributed by atoms with E-state index in [1.54, 1.807) is 6.07 Å². The number of carbonyl (C=O) groups excluding carboxylic acids is 1. The topological polar surface area (TPSA) is 66.4 Å². The van der Waals surface area contributed by atoms with E-state index in [0.717, 1.165) is 32.1 Å². The lowest BCUT2D eigenvalue weighted by Gasteiger charge is -2.28. The molecule has 4 nitrogen and oxygen atoms in total. The molecule has 21 heavy (non-hydrogen) atoms. The van der Waals surface area contributed by atoms with Gasteiger partial charge in [-0.3, -0.25) is 4.79 Å². The Hall–Kier alpha value is -1.91. The maximum atomic E-state index is 13.1. The zero-order chi connectivity index (χ0) is 15.2. The van der Waals surface area contributed by atoms with Gasteiger partial charge in [0.1, 0.15) is 11.9 Å². The molecule has 1 unspecified atom stereocenters. The lowest BCUT2D eigenvalue weighted by Crippen LogP contribution is -2.47. The van der Waals surface area contributed by atoms with E-state index < -0.39 is 17.8 Å². The normalized spacial score (nSPS) is 17.2. The first kappa shape index (κ1) is 15.5. The lowest BCUT2D eigenvalue weighted by molar-refractivity contribution is -0.143. The average molecular weight is 293 g/mol. The van der Waals surface area contributed by atoms with E-state index in [0.29, 0.717) is 5.56 Å². The van der Waals surface area contributed by atoms with Crippen LogP contribution in [0.1, 0.15) is 37.7 Å². The van der Waals surface area contributed by atoms with Crippen LogP contribution in [0, 0.1) is 11.7 Å². The molecule has 0 aliphatic heterocycles. The standard InChI is InChI=1S/C16H20FNO3/c17-13-8-4-5-11(9-13)10-14(19)18-15(16(20)21)12-6-2-1-3-7-12/h4-5,8-9,12,15H,1-3,6-7,10H2,(H,18,19)(H,20,21). The maximum Gasteiger partial charge on any atom is 0.326 e. The number of carbonyl (C=O) groups is 2. The Bertz CT molecular complexity index is 512. The summed E-state index contributed by atoms with van der Waals surface area (Å²) in [5, 5.41) is 11.9. The third-order valence-electron chi connectivity index (χ3n) is 3.96. The molecule has 5 heteroatoms. The number of benzene rings is 1. The molecule has 1 amide bonds. The van der Waals surface area contributed by atoms with Gasteiger partial charge in [-0.05, 0) is 36.5 Å². The van der Waals surface area contributed by atoms with Crippen LogP contribution in [0.25, 0.3) is 0 Å². The number of rotatable bonds is 5. The largest absolute Gasteiger partial charge is 0.480 e. The van der Waals surface area contributed by atoms with Gasteiger partial charge in [-0.1, -0.05) is 31.4 Å². The van der Waals surface area contributed by atoms with E-state index in [1.807, 2.05) is 0 Å². The molecule has 0 bridgehead atoms. The summed E-state index contributed by atoms with van der Waals surface area (Å²) in [6, 6.07) is 4.94. The highest BCUT2D eigenvalue weighted by Gasteiger charge is 2.30. The minimum Gasteiger partial charge on any atom is -0.480 e. The Labute approximate surface area is 123 Å². The van der Waals surface area contributed by atoms with E-state index in [-0.39, 0.29) is 18.2 Å². The van der Waals surface area contributed by atoms with Gasteiger partial charge in [0.15, 0.2) is 0 Å². The van der Waals surface area contributed by atoms with Crippen molar-refractivity contribution < 1.29 is 19.1 Å². The van der Waals surface area contributed by atoms with Crippen LogP contribution in [0.15, 0.2) is 24.3 Å². The van der Waals surface area contributed by atoms with Crippen molar-refractivity contribution in [3.8, 4) is 0 Å². The summed E-state index contributed by atoms with van der Waals surface area (Å²) in [5.41, 5.74) is 0.542. The number of hydrogen-bond donors (Lipinski definition) is 2. The number of carboxylic acid groups (broad SMARTS) is 1. The second-order valence-electron chi connectivity index (χ2n) is 5.59. The SMILES string of the molecule is O=C(Cc1cccc(F)c1)NC(C(=O)O)C1CCCCC1. The van der Waals surface area contributed by atoms with E-state index >= 15 is 0 Å². The van der Waals surface area contributed by atoms with E-state index in [4.69, 9.17) is 0 Å². The fourth-order valence-electron chi connectivity index (χ4n) is 2.91. The van der Waals surface area contributed by atoms with E-state index in [1.165, 1.54) is 18.2 Å². The predicted octanol–water partition coefficient (Wildman–Crippen LogP) is 2.52.